The minimum atomic E-state index is 0.206. The topological polar surface area (TPSA) is 24.9 Å². The molecular formula is C12H20N2S. The molecule has 0 bridgehead atoms. The van der Waals surface area contributed by atoms with Crippen LogP contribution in [0, 0.1) is 13.8 Å². The number of rotatable bonds is 3. The zero-order valence-corrected chi connectivity index (χ0v) is 10.9. The lowest BCUT2D eigenvalue weighted by molar-refractivity contribution is 0.170. The van der Waals surface area contributed by atoms with Crippen molar-refractivity contribution in [2.24, 2.45) is 0 Å². The van der Waals surface area contributed by atoms with Crippen molar-refractivity contribution in [1.29, 1.82) is 0 Å². The lowest BCUT2D eigenvalue weighted by Gasteiger charge is -2.42. The van der Waals surface area contributed by atoms with Gasteiger partial charge in [-0.3, -0.25) is 0 Å². The van der Waals surface area contributed by atoms with Gasteiger partial charge in [0.15, 0.2) is 0 Å². The van der Waals surface area contributed by atoms with E-state index in [9.17, 15) is 0 Å². The van der Waals surface area contributed by atoms with Gasteiger partial charge in [-0.15, -0.1) is 11.3 Å². The summed E-state index contributed by atoms with van der Waals surface area (Å²) in [5.41, 5.74) is 1.41. The zero-order valence-electron chi connectivity index (χ0n) is 10.1. The van der Waals surface area contributed by atoms with Gasteiger partial charge in [0, 0.05) is 10.9 Å². The summed E-state index contributed by atoms with van der Waals surface area (Å²) in [6, 6.07) is 0.537. The Kier molecular flexibility index (Phi) is 2.86. The average molecular weight is 224 g/mol. The van der Waals surface area contributed by atoms with Crippen molar-refractivity contribution in [3.05, 3.63) is 15.6 Å². The second-order valence-electron chi connectivity index (χ2n) is 4.90. The molecular weight excluding hydrogens is 204 g/mol. The fourth-order valence-electron chi connectivity index (χ4n) is 2.18. The first-order valence-electron chi connectivity index (χ1n) is 5.76. The molecule has 0 unspecified atom stereocenters. The highest BCUT2D eigenvalue weighted by molar-refractivity contribution is 7.11. The van der Waals surface area contributed by atoms with E-state index in [1.54, 1.807) is 0 Å². The quantitative estimate of drug-likeness (QED) is 0.853. The number of nitrogens with zero attached hydrogens (tertiary/aromatic N) is 1. The second kappa shape index (κ2) is 3.87. The maximum atomic E-state index is 4.71. The van der Waals surface area contributed by atoms with Crippen LogP contribution in [-0.2, 0) is 5.54 Å². The summed E-state index contributed by atoms with van der Waals surface area (Å²) >= 11 is 1.87. The van der Waals surface area contributed by atoms with E-state index in [0.717, 1.165) is 0 Å². The predicted molar refractivity (Wildman–Crippen MR) is 65.4 cm³/mol. The number of hydrogen-bond acceptors (Lipinski definition) is 3. The summed E-state index contributed by atoms with van der Waals surface area (Å²) in [6.45, 7) is 8.70. The molecule has 84 valence electrons. The fraction of sp³-hybridized carbons (Fsp3) is 0.750. The molecule has 2 rings (SSSR count). The van der Waals surface area contributed by atoms with Gasteiger partial charge in [0.1, 0.15) is 5.01 Å². The monoisotopic (exact) mass is 224 g/mol. The van der Waals surface area contributed by atoms with E-state index >= 15 is 0 Å². The summed E-state index contributed by atoms with van der Waals surface area (Å²) in [4.78, 5) is 6.08. The minimum Gasteiger partial charge on any atom is -0.303 e. The molecule has 1 aromatic rings. The maximum Gasteiger partial charge on any atom is 0.113 e. The molecule has 1 aromatic heterocycles. The van der Waals surface area contributed by atoms with Crippen molar-refractivity contribution in [1.82, 2.24) is 10.3 Å². The van der Waals surface area contributed by atoms with Crippen LogP contribution in [0.5, 0.6) is 0 Å². The first-order valence-corrected chi connectivity index (χ1v) is 6.57. The molecule has 1 fully saturated rings. The number of aromatic nitrogens is 1. The molecule has 0 aromatic carbocycles. The molecule has 0 radical (unpaired) electrons. The highest BCUT2D eigenvalue weighted by Gasteiger charge is 2.41. The number of thiazole rings is 1. The molecule has 15 heavy (non-hydrogen) atoms. The number of hydrogen-bond donors (Lipinski definition) is 1. The summed E-state index contributed by atoms with van der Waals surface area (Å²) in [5, 5.41) is 5.00. The van der Waals surface area contributed by atoms with Crippen molar-refractivity contribution in [2.45, 2.75) is 58.5 Å². The Morgan fingerprint density at radius 2 is 2.00 bits per heavy atom. The predicted octanol–water partition coefficient (Wildman–Crippen LogP) is 3.14. The van der Waals surface area contributed by atoms with Crippen molar-refractivity contribution in [3.63, 3.8) is 0 Å². The highest BCUT2D eigenvalue weighted by atomic mass is 32.1. The van der Waals surface area contributed by atoms with Crippen LogP contribution in [0.25, 0.3) is 0 Å². The van der Waals surface area contributed by atoms with Crippen molar-refractivity contribution < 1.29 is 0 Å². The van der Waals surface area contributed by atoms with Crippen LogP contribution in [-0.4, -0.2) is 11.0 Å². The fourth-order valence-corrected chi connectivity index (χ4v) is 3.30. The molecule has 1 heterocycles. The molecule has 0 saturated heterocycles. The second-order valence-corrected chi connectivity index (χ2v) is 6.10. The molecule has 0 aliphatic heterocycles. The molecule has 0 atom stereocenters. The molecule has 1 aliphatic rings. The molecule has 1 aliphatic carbocycles. The minimum absolute atomic E-state index is 0.206. The Morgan fingerprint density at radius 1 is 1.33 bits per heavy atom. The standard InChI is InChI=1S/C12H20N2S/c1-8(2)14-12(6-5-7-12)11-13-9(3)10(4)15-11/h8,14H,5-7H2,1-4H3. The normalized spacial score (nSPS) is 19.3. The van der Waals surface area contributed by atoms with Gasteiger partial charge >= 0.3 is 0 Å². The van der Waals surface area contributed by atoms with Crippen LogP contribution >= 0.6 is 11.3 Å². The van der Waals surface area contributed by atoms with Gasteiger partial charge < -0.3 is 5.32 Å². The van der Waals surface area contributed by atoms with Gasteiger partial charge in [0.05, 0.1) is 11.2 Å². The van der Waals surface area contributed by atoms with Gasteiger partial charge in [-0.1, -0.05) is 0 Å². The third-order valence-corrected chi connectivity index (χ3v) is 4.49. The summed E-state index contributed by atoms with van der Waals surface area (Å²) < 4.78 is 0. The zero-order chi connectivity index (χ0) is 11.1. The SMILES string of the molecule is Cc1nc(C2(NC(C)C)CCC2)sc1C. The van der Waals surface area contributed by atoms with Crippen LogP contribution in [0.3, 0.4) is 0 Å². The number of aryl methyl sites for hydroxylation is 2. The third-order valence-electron chi connectivity index (χ3n) is 3.21. The van der Waals surface area contributed by atoms with Crippen molar-refractivity contribution in [2.75, 3.05) is 0 Å². The van der Waals surface area contributed by atoms with E-state index in [0.29, 0.717) is 6.04 Å². The Hall–Kier alpha value is -0.410. The van der Waals surface area contributed by atoms with E-state index in [1.807, 2.05) is 11.3 Å². The van der Waals surface area contributed by atoms with Gasteiger partial charge in [-0.25, -0.2) is 4.98 Å². The first kappa shape index (κ1) is 11.1. The Labute approximate surface area is 96.1 Å². The van der Waals surface area contributed by atoms with E-state index in [1.165, 1.54) is 34.8 Å². The van der Waals surface area contributed by atoms with E-state index in [2.05, 4.69) is 33.0 Å². The van der Waals surface area contributed by atoms with Crippen LogP contribution in [0.4, 0.5) is 0 Å². The van der Waals surface area contributed by atoms with Gasteiger partial charge in [0.25, 0.3) is 0 Å². The lowest BCUT2D eigenvalue weighted by Crippen LogP contribution is -2.50. The number of nitrogens with one attached hydrogen (secondary N) is 1. The Morgan fingerprint density at radius 3 is 2.33 bits per heavy atom. The maximum absolute atomic E-state index is 4.71. The lowest BCUT2D eigenvalue weighted by atomic mass is 9.76. The highest BCUT2D eigenvalue weighted by Crippen LogP contribution is 2.43. The first-order chi connectivity index (χ1) is 7.03. The molecule has 1 saturated carbocycles. The van der Waals surface area contributed by atoms with Crippen LogP contribution in [0.15, 0.2) is 0 Å². The molecule has 2 nitrogen and oxygen atoms in total. The molecule has 0 amide bonds. The Balaban J connectivity index is 2.26. The summed E-state index contributed by atoms with van der Waals surface area (Å²) in [7, 11) is 0. The smallest absolute Gasteiger partial charge is 0.113 e. The van der Waals surface area contributed by atoms with Crippen LogP contribution in [0.1, 0.15) is 48.7 Å². The summed E-state index contributed by atoms with van der Waals surface area (Å²) in [6.07, 6.45) is 3.83. The van der Waals surface area contributed by atoms with E-state index in [-0.39, 0.29) is 5.54 Å². The van der Waals surface area contributed by atoms with Crippen molar-refractivity contribution in [3.8, 4) is 0 Å². The largest absolute Gasteiger partial charge is 0.303 e. The van der Waals surface area contributed by atoms with Crippen molar-refractivity contribution >= 4 is 11.3 Å². The summed E-state index contributed by atoms with van der Waals surface area (Å²) in [5.74, 6) is 0. The van der Waals surface area contributed by atoms with Crippen LogP contribution < -0.4 is 5.32 Å². The molecule has 0 spiro atoms. The molecule has 3 heteroatoms. The third kappa shape index (κ3) is 1.95. The van der Waals surface area contributed by atoms with Gasteiger partial charge in [-0.2, -0.15) is 0 Å². The van der Waals surface area contributed by atoms with Gasteiger partial charge in [-0.05, 0) is 47.0 Å². The average Bonchev–Trinajstić information content (AvgIpc) is 2.40. The van der Waals surface area contributed by atoms with E-state index < -0.39 is 0 Å². The van der Waals surface area contributed by atoms with Crippen LogP contribution in [0.2, 0.25) is 0 Å². The van der Waals surface area contributed by atoms with Gasteiger partial charge in [0.2, 0.25) is 0 Å². The molecule has 1 N–H and O–H groups in total. The van der Waals surface area contributed by atoms with E-state index in [4.69, 9.17) is 4.98 Å². The Bertz CT molecular complexity index is 331.